The molecule has 2 aliphatic carbocycles. The molecule has 6 heteroatoms. The Morgan fingerprint density at radius 3 is 2.72 bits per heavy atom. The van der Waals surface area contributed by atoms with Gasteiger partial charge in [0.05, 0.1) is 16.5 Å². The Kier molecular flexibility index (Phi) is 5.37. The standard InChI is InChI=1S/C19H27ClN2O2S/c1-12(23)21-17-6-14-8-22(10-16-4-5-19(20)25-16)9-15(14)7-18(17)24-11-13-2-3-13/h4-5,13-15,17-18H,2-3,6-11H2,1H3,(H,21,23)/t14-,15+,17-,18-/m1/s1. The van der Waals surface area contributed by atoms with E-state index in [1.807, 2.05) is 6.07 Å². The highest BCUT2D eigenvalue weighted by molar-refractivity contribution is 7.16. The van der Waals surface area contributed by atoms with Crippen molar-refractivity contribution in [1.82, 2.24) is 10.2 Å². The summed E-state index contributed by atoms with van der Waals surface area (Å²) < 4.78 is 7.10. The number of nitrogens with one attached hydrogen (secondary N) is 1. The maximum Gasteiger partial charge on any atom is 0.217 e. The number of fused-ring (bicyclic) bond motifs is 1. The Bertz CT molecular complexity index is 618. The zero-order chi connectivity index (χ0) is 17.4. The fraction of sp³-hybridized carbons (Fsp3) is 0.737. The third kappa shape index (κ3) is 4.57. The van der Waals surface area contributed by atoms with Crippen LogP contribution < -0.4 is 5.32 Å². The predicted octanol–water partition coefficient (Wildman–Crippen LogP) is 3.54. The van der Waals surface area contributed by atoms with E-state index in [9.17, 15) is 4.79 Å². The van der Waals surface area contributed by atoms with Gasteiger partial charge in [0.1, 0.15) is 0 Å². The molecule has 1 saturated heterocycles. The molecule has 1 aromatic heterocycles. The Hall–Kier alpha value is -0.620. The van der Waals surface area contributed by atoms with Crippen LogP contribution >= 0.6 is 22.9 Å². The molecule has 25 heavy (non-hydrogen) atoms. The number of nitrogens with zero attached hydrogens (tertiary/aromatic N) is 1. The molecule has 1 N–H and O–H groups in total. The first-order chi connectivity index (χ1) is 12.1. The zero-order valence-corrected chi connectivity index (χ0v) is 16.3. The Morgan fingerprint density at radius 2 is 2.08 bits per heavy atom. The van der Waals surface area contributed by atoms with E-state index in [4.69, 9.17) is 16.3 Å². The highest BCUT2D eigenvalue weighted by atomic mass is 35.5. The number of rotatable bonds is 6. The lowest BCUT2D eigenvalue weighted by molar-refractivity contribution is -0.122. The number of thiophene rings is 1. The number of hydrogen-bond acceptors (Lipinski definition) is 4. The molecule has 0 spiro atoms. The Labute approximate surface area is 158 Å². The summed E-state index contributed by atoms with van der Waals surface area (Å²) in [6.45, 7) is 5.73. The molecule has 1 amide bonds. The molecule has 4 rings (SSSR count). The maximum atomic E-state index is 11.6. The van der Waals surface area contributed by atoms with Gasteiger partial charge in [0.25, 0.3) is 0 Å². The van der Waals surface area contributed by atoms with E-state index in [2.05, 4.69) is 16.3 Å². The van der Waals surface area contributed by atoms with Crippen LogP contribution in [0.1, 0.15) is 37.5 Å². The minimum Gasteiger partial charge on any atom is -0.376 e. The number of amides is 1. The summed E-state index contributed by atoms with van der Waals surface area (Å²) in [5.74, 6) is 2.17. The van der Waals surface area contributed by atoms with Crippen molar-refractivity contribution in [2.75, 3.05) is 19.7 Å². The van der Waals surface area contributed by atoms with E-state index in [1.54, 1.807) is 18.3 Å². The summed E-state index contributed by atoms with van der Waals surface area (Å²) in [6, 6.07) is 4.30. The van der Waals surface area contributed by atoms with Crippen LogP contribution in [0, 0.1) is 17.8 Å². The fourth-order valence-corrected chi connectivity index (χ4v) is 5.57. The predicted molar refractivity (Wildman–Crippen MR) is 101 cm³/mol. The largest absolute Gasteiger partial charge is 0.376 e. The van der Waals surface area contributed by atoms with Crippen molar-refractivity contribution >= 4 is 28.8 Å². The normalized spacial score (nSPS) is 32.6. The molecular formula is C19H27ClN2O2S. The molecule has 138 valence electrons. The lowest BCUT2D eigenvalue weighted by Crippen LogP contribution is -2.50. The third-order valence-electron chi connectivity index (χ3n) is 5.83. The number of carbonyl (C=O) groups excluding carboxylic acids is 1. The third-order valence-corrected chi connectivity index (χ3v) is 7.05. The van der Waals surface area contributed by atoms with Gasteiger partial charge in [-0.05, 0) is 55.6 Å². The van der Waals surface area contributed by atoms with Crippen LogP contribution in [-0.2, 0) is 16.1 Å². The van der Waals surface area contributed by atoms with E-state index < -0.39 is 0 Å². The average molecular weight is 383 g/mol. The van der Waals surface area contributed by atoms with Gasteiger partial charge in [-0.25, -0.2) is 0 Å². The second kappa shape index (κ2) is 7.55. The molecular weight excluding hydrogens is 356 g/mol. The summed E-state index contributed by atoms with van der Waals surface area (Å²) in [5.41, 5.74) is 0. The van der Waals surface area contributed by atoms with Crippen LogP contribution in [0.4, 0.5) is 0 Å². The minimum absolute atomic E-state index is 0.0616. The van der Waals surface area contributed by atoms with Gasteiger partial charge in [-0.15, -0.1) is 11.3 Å². The van der Waals surface area contributed by atoms with Crippen molar-refractivity contribution in [2.24, 2.45) is 17.8 Å². The highest BCUT2D eigenvalue weighted by Crippen LogP contribution is 2.39. The lowest BCUT2D eigenvalue weighted by Gasteiger charge is -2.38. The molecule has 0 radical (unpaired) electrons. The van der Waals surface area contributed by atoms with Crippen molar-refractivity contribution in [3.05, 3.63) is 21.3 Å². The lowest BCUT2D eigenvalue weighted by atomic mass is 9.77. The molecule has 2 saturated carbocycles. The number of halogens is 1. The molecule has 0 aromatic carbocycles. The van der Waals surface area contributed by atoms with Crippen LogP contribution in [0.25, 0.3) is 0 Å². The van der Waals surface area contributed by atoms with E-state index in [1.165, 1.54) is 17.7 Å². The van der Waals surface area contributed by atoms with Gasteiger partial charge < -0.3 is 10.1 Å². The van der Waals surface area contributed by atoms with Crippen molar-refractivity contribution in [2.45, 2.75) is 51.3 Å². The first-order valence-corrected chi connectivity index (χ1v) is 10.6. The van der Waals surface area contributed by atoms with Crippen LogP contribution in [-0.4, -0.2) is 42.6 Å². The molecule has 1 aliphatic heterocycles. The Morgan fingerprint density at radius 1 is 1.32 bits per heavy atom. The molecule has 1 aromatic rings. The molecule has 3 fully saturated rings. The number of hydrogen-bond donors (Lipinski definition) is 1. The number of likely N-dealkylation sites (tertiary alicyclic amines) is 1. The van der Waals surface area contributed by atoms with Crippen LogP contribution in [0.2, 0.25) is 4.34 Å². The zero-order valence-electron chi connectivity index (χ0n) is 14.7. The quantitative estimate of drug-likeness (QED) is 0.818. The molecule has 0 unspecified atom stereocenters. The van der Waals surface area contributed by atoms with Gasteiger partial charge in [0.15, 0.2) is 0 Å². The van der Waals surface area contributed by atoms with Gasteiger partial charge in [0.2, 0.25) is 5.91 Å². The molecule has 0 bridgehead atoms. The average Bonchev–Trinajstić information content (AvgIpc) is 3.17. The van der Waals surface area contributed by atoms with Gasteiger partial charge in [-0.1, -0.05) is 11.6 Å². The summed E-state index contributed by atoms with van der Waals surface area (Å²) >= 11 is 7.74. The first-order valence-electron chi connectivity index (χ1n) is 9.42. The molecule has 4 nitrogen and oxygen atoms in total. The first kappa shape index (κ1) is 17.8. The number of carbonyl (C=O) groups is 1. The smallest absolute Gasteiger partial charge is 0.217 e. The fourth-order valence-electron chi connectivity index (χ4n) is 4.44. The van der Waals surface area contributed by atoms with Gasteiger partial charge in [0, 0.05) is 38.0 Å². The summed E-state index contributed by atoms with van der Waals surface area (Å²) in [6.07, 6.45) is 4.91. The van der Waals surface area contributed by atoms with E-state index in [-0.39, 0.29) is 18.1 Å². The van der Waals surface area contributed by atoms with E-state index in [0.29, 0.717) is 11.8 Å². The summed E-state index contributed by atoms with van der Waals surface area (Å²) in [7, 11) is 0. The van der Waals surface area contributed by atoms with Crippen molar-refractivity contribution < 1.29 is 9.53 Å². The van der Waals surface area contributed by atoms with Crippen molar-refractivity contribution in [3.8, 4) is 0 Å². The molecule has 3 aliphatic rings. The van der Waals surface area contributed by atoms with Crippen molar-refractivity contribution in [1.29, 1.82) is 0 Å². The highest BCUT2D eigenvalue weighted by Gasteiger charge is 2.43. The van der Waals surface area contributed by atoms with E-state index in [0.717, 1.165) is 49.3 Å². The maximum absolute atomic E-state index is 11.6. The van der Waals surface area contributed by atoms with Gasteiger partial charge >= 0.3 is 0 Å². The topological polar surface area (TPSA) is 41.6 Å². The van der Waals surface area contributed by atoms with Crippen LogP contribution in [0.3, 0.4) is 0 Å². The summed E-state index contributed by atoms with van der Waals surface area (Å²) in [5, 5.41) is 3.16. The van der Waals surface area contributed by atoms with Gasteiger partial charge in [-0.2, -0.15) is 0 Å². The SMILES string of the molecule is CC(=O)N[C@@H]1C[C@@H]2CN(Cc3ccc(Cl)s3)C[C@@H]2C[C@H]1OCC1CC1. The van der Waals surface area contributed by atoms with Crippen molar-refractivity contribution in [3.63, 3.8) is 0 Å². The second-order valence-corrected chi connectivity index (χ2v) is 9.81. The van der Waals surface area contributed by atoms with Gasteiger partial charge in [-0.3, -0.25) is 9.69 Å². The number of ether oxygens (including phenoxy) is 1. The van der Waals surface area contributed by atoms with Crippen LogP contribution in [0.5, 0.6) is 0 Å². The summed E-state index contributed by atoms with van der Waals surface area (Å²) in [4.78, 5) is 15.5. The minimum atomic E-state index is 0.0616. The molecule has 4 atom stereocenters. The second-order valence-electron chi connectivity index (χ2n) is 8.01. The Balaban J connectivity index is 1.37. The van der Waals surface area contributed by atoms with Crippen LogP contribution in [0.15, 0.2) is 12.1 Å². The van der Waals surface area contributed by atoms with E-state index >= 15 is 0 Å². The molecule has 2 heterocycles. The monoisotopic (exact) mass is 382 g/mol.